The second-order valence-electron chi connectivity index (χ2n) is 4.49. The minimum Gasteiger partial charge on any atom is -0.490 e. The highest BCUT2D eigenvalue weighted by atomic mass is 16.5. The van der Waals surface area contributed by atoms with Crippen LogP contribution >= 0.6 is 0 Å². The summed E-state index contributed by atoms with van der Waals surface area (Å²) in [6.07, 6.45) is 3.91. The Morgan fingerprint density at radius 1 is 1.29 bits per heavy atom. The molecule has 2 N–H and O–H groups in total. The molecule has 1 aromatic carbocycles. The zero-order chi connectivity index (χ0) is 12.1. The van der Waals surface area contributed by atoms with Crippen molar-refractivity contribution >= 4 is 0 Å². The number of rotatable bonds is 6. The van der Waals surface area contributed by atoms with Crippen LogP contribution in [0.5, 0.6) is 11.5 Å². The molecule has 2 rings (SSSR count). The quantitative estimate of drug-likeness (QED) is 0.824. The van der Waals surface area contributed by atoms with Crippen molar-refractivity contribution in [3.63, 3.8) is 0 Å². The first kappa shape index (κ1) is 12.2. The van der Waals surface area contributed by atoms with Gasteiger partial charge in [0.15, 0.2) is 11.5 Å². The van der Waals surface area contributed by atoms with Crippen LogP contribution in [0.2, 0.25) is 0 Å². The van der Waals surface area contributed by atoms with E-state index in [4.69, 9.17) is 15.2 Å². The molecule has 0 aliphatic heterocycles. The summed E-state index contributed by atoms with van der Waals surface area (Å²) in [5.41, 5.74) is 6.76. The van der Waals surface area contributed by atoms with Gasteiger partial charge in [-0.25, -0.2) is 0 Å². The molecular weight excluding hydrogens is 214 g/mol. The number of benzene rings is 1. The van der Waals surface area contributed by atoms with Gasteiger partial charge in [0, 0.05) is 12.1 Å². The van der Waals surface area contributed by atoms with Gasteiger partial charge >= 0.3 is 0 Å². The van der Waals surface area contributed by atoms with Crippen LogP contribution in [0.1, 0.15) is 31.7 Å². The van der Waals surface area contributed by atoms with Gasteiger partial charge in [-0.05, 0) is 31.7 Å². The van der Waals surface area contributed by atoms with E-state index in [2.05, 4.69) is 0 Å². The largest absolute Gasteiger partial charge is 0.490 e. The SMILES string of the molecule is CCOc1cccc(CN)c1OCC1CCC1. The zero-order valence-corrected chi connectivity index (χ0v) is 10.4. The van der Waals surface area contributed by atoms with E-state index in [1.165, 1.54) is 19.3 Å². The summed E-state index contributed by atoms with van der Waals surface area (Å²) in [5, 5.41) is 0. The van der Waals surface area contributed by atoms with E-state index in [9.17, 15) is 0 Å². The van der Waals surface area contributed by atoms with Crippen molar-refractivity contribution < 1.29 is 9.47 Å². The van der Waals surface area contributed by atoms with Crippen molar-refractivity contribution in [1.82, 2.24) is 0 Å². The lowest BCUT2D eigenvalue weighted by Crippen LogP contribution is -2.20. The smallest absolute Gasteiger partial charge is 0.165 e. The van der Waals surface area contributed by atoms with Crippen molar-refractivity contribution in [3.8, 4) is 11.5 Å². The van der Waals surface area contributed by atoms with Gasteiger partial charge in [0.25, 0.3) is 0 Å². The Hall–Kier alpha value is -1.22. The van der Waals surface area contributed by atoms with E-state index in [1.807, 2.05) is 25.1 Å². The molecule has 0 unspecified atom stereocenters. The number of ether oxygens (including phenoxy) is 2. The van der Waals surface area contributed by atoms with Gasteiger partial charge in [0.05, 0.1) is 13.2 Å². The maximum absolute atomic E-state index is 5.91. The Kier molecular flexibility index (Phi) is 4.26. The van der Waals surface area contributed by atoms with E-state index < -0.39 is 0 Å². The number of hydrogen-bond acceptors (Lipinski definition) is 3. The molecule has 3 heteroatoms. The average Bonchev–Trinajstić information content (AvgIpc) is 2.29. The topological polar surface area (TPSA) is 44.5 Å². The van der Waals surface area contributed by atoms with Crippen molar-refractivity contribution in [2.75, 3.05) is 13.2 Å². The molecule has 0 aromatic heterocycles. The standard InChI is InChI=1S/C14H21NO2/c1-2-16-13-8-4-7-12(9-15)14(13)17-10-11-5-3-6-11/h4,7-8,11H,2-3,5-6,9-10,15H2,1H3. The zero-order valence-electron chi connectivity index (χ0n) is 10.4. The summed E-state index contributed by atoms with van der Waals surface area (Å²) >= 11 is 0. The lowest BCUT2D eigenvalue weighted by atomic mass is 9.86. The molecule has 94 valence electrons. The van der Waals surface area contributed by atoms with Gasteiger partial charge < -0.3 is 15.2 Å². The third kappa shape index (κ3) is 2.91. The third-order valence-corrected chi connectivity index (χ3v) is 3.27. The molecule has 0 radical (unpaired) electrons. The average molecular weight is 235 g/mol. The Morgan fingerprint density at radius 2 is 2.12 bits per heavy atom. The summed E-state index contributed by atoms with van der Waals surface area (Å²) in [5.74, 6) is 2.37. The number of hydrogen-bond donors (Lipinski definition) is 1. The molecule has 0 bridgehead atoms. The molecule has 17 heavy (non-hydrogen) atoms. The summed E-state index contributed by atoms with van der Waals surface area (Å²) in [6.45, 7) is 3.90. The Morgan fingerprint density at radius 3 is 2.71 bits per heavy atom. The van der Waals surface area contributed by atoms with Gasteiger partial charge in [-0.2, -0.15) is 0 Å². The van der Waals surface area contributed by atoms with Crippen LogP contribution in [0.3, 0.4) is 0 Å². The summed E-state index contributed by atoms with van der Waals surface area (Å²) < 4.78 is 11.5. The van der Waals surface area contributed by atoms with Crippen LogP contribution < -0.4 is 15.2 Å². The first-order valence-corrected chi connectivity index (χ1v) is 6.42. The van der Waals surface area contributed by atoms with Gasteiger partial charge in [0.2, 0.25) is 0 Å². The highest BCUT2D eigenvalue weighted by Gasteiger charge is 2.19. The van der Waals surface area contributed by atoms with Crippen molar-refractivity contribution in [2.24, 2.45) is 11.7 Å². The van der Waals surface area contributed by atoms with Gasteiger partial charge in [-0.3, -0.25) is 0 Å². The van der Waals surface area contributed by atoms with Gasteiger partial charge in [-0.1, -0.05) is 18.6 Å². The molecule has 0 spiro atoms. The fourth-order valence-electron chi connectivity index (χ4n) is 2.02. The number of nitrogens with two attached hydrogens (primary N) is 1. The highest BCUT2D eigenvalue weighted by molar-refractivity contribution is 5.46. The molecular formula is C14H21NO2. The monoisotopic (exact) mass is 235 g/mol. The van der Waals surface area contributed by atoms with Crippen molar-refractivity contribution in [2.45, 2.75) is 32.7 Å². The maximum atomic E-state index is 5.91. The van der Waals surface area contributed by atoms with Crippen LogP contribution in [0.4, 0.5) is 0 Å². The van der Waals surface area contributed by atoms with Crippen LogP contribution in [-0.4, -0.2) is 13.2 Å². The second-order valence-corrected chi connectivity index (χ2v) is 4.49. The van der Waals surface area contributed by atoms with E-state index in [0.717, 1.165) is 29.6 Å². The lowest BCUT2D eigenvalue weighted by Gasteiger charge is -2.26. The molecule has 0 amide bonds. The number of para-hydroxylation sites is 1. The van der Waals surface area contributed by atoms with Crippen LogP contribution in [0.25, 0.3) is 0 Å². The molecule has 1 aromatic rings. The van der Waals surface area contributed by atoms with E-state index in [0.29, 0.717) is 13.2 Å². The molecule has 0 atom stereocenters. The fourth-order valence-corrected chi connectivity index (χ4v) is 2.02. The molecule has 1 aliphatic rings. The van der Waals surface area contributed by atoms with Gasteiger partial charge in [0.1, 0.15) is 0 Å². The molecule has 1 aliphatic carbocycles. The van der Waals surface area contributed by atoms with Gasteiger partial charge in [-0.15, -0.1) is 0 Å². The predicted octanol–water partition coefficient (Wildman–Crippen LogP) is 2.72. The Labute approximate surface area is 103 Å². The van der Waals surface area contributed by atoms with Crippen LogP contribution in [-0.2, 0) is 6.54 Å². The molecule has 1 fully saturated rings. The second kappa shape index (κ2) is 5.92. The summed E-state index contributed by atoms with van der Waals surface area (Å²) in [6, 6.07) is 5.90. The minimum atomic E-state index is 0.487. The van der Waals surface area contributed by atoms with E-state index >= 15 is 0 Å². The van der Waals surface area contributed by atoms with Crippen LogP contribution in [0.15, 0.2) is 18.2 Å². The molecule has 0 heterocycles. The normalized spacial score (nSPS) is 15.4. The van der Waals surface area contributed by atoms with E-state index in [-0.39, 0.29) is 0 Å². The van der Waals surface area contributed by atoms with Crippen LogP contribution in [0, 0.1) is 5.92 Å². The highest BCUT2D eigenvalue weighted by Crippen LogP contribution is 2.33. The first-order valence-electron chi connectivity index (χ1n) is 6.42. The van der Waals surface area contributed by atoms with E-state index in [1.54, 1.807) is 0 Å². The van der Waals surface area contributed by atoms with Crippen molar-refractivity contribution in [3.05, 3.63) is 23.8 Å². The molecule has 0 saturated heterocycles. The molecule has 3 nitrogen and oxygen atoms in total. The summed E-state index contributed by atoms with van der Waals surface area (Å²) in [4.78, 5) is 0. The Balaban J connectivity index is 2.08. The fraction of sp³-hybridized carbons (Fsp3) is 0.571. The Bertz CT molecular complexity index is 361. The third-order valence-electron chi connectivity index (χ3n) is 3.27. The summed E-state index contributed by atoms with van der Waals surface area (Å²) in [7, 11) is 0. The van der Waals surface area contributed by atoms with Crippen molar-refractivity contribution in [1.29, 1.82) is 0 Å². The molecule has 1 saturated carbocycles. The lowest BCUT2D eigenvalue weighted by molar-refractivity contribution is 0.173. The first-order chi connectivity index (χ1) is 8.35. The predicted molar refractivity (Wildman–Crippen MR) is 68.3 cm³/mol. The maximum Gasteiger partial charge on any atom is 0.165 e. The minimum absolute atomic E-state index is 0.487.